The Labute approximate surface area is 112 Å². The lowest BCUT2D eigenvalue weighted by atomic mass is 10.0. The van der Waals surface area contributed by atoms with E-state index in [2.05, 4.69) is 12.2 Å². The summed E-state index contributed by atoms with van der Waals surface area (Å²) in [4.78, 5) is 10.6. The van der Waals surface area contributed by atoms with Crippen molar-refractivity contribution < 1.29 is 4.92 Å². The Hall–Kier alpha value is -2.09. The number of anilines is 1. The van der Waals surface area contributed by atoms with Gasteiger partial charge < -0.3 is 5.32 Å². The largest absolute Gasteiger partial charge is 0.379 e. The molecule has 1 aromatic rings. The smallest absolute Gasteiger partial charge is 0.292 e. The Morgan fingerprint density at radius 3 is 2.79 bits per heavy atom. The van der Waals surface area contributed by atoms with Gasteiger partial charge in [0.05, 0.1) is 16.6 Å². The third-order valence-electron chi connectivity index (χ3n) is 3.71. The molecule has 0 aliphatic heterocycles. The second-order valence-electron chi connectivity index (χ2n) is 5.20. The predicted octanol–water partition coefficient (Wildman–Crippen LogP) is 3.46. The van der Waals surface area contributed by atoms with Crippen molar-refractivity contribution in [2.75, 3.05) is 11.9 Å². The van der Waals surface area contributed by atoms with Crippen LogP contribution in [0.2, 0.25) is 0 Å². The lowest BCUT2D eigenvalue weighted by molar-refractivity contribution is -0.384. The monoisotopic (exact) mass is 259 g/mol. The van der Waals surface area contributed by atoms with Gasteiger partial charge in [-0.15, -0.1) is 0 Å². The minimum absolute atomic E-state index is 0.0336. The van der Waals surface area contributed by atoms with Crippen LogP contribution in [0.1, 0.15) is 38.2 Å². The Morgan fingerprint density at radius 1 is 1.53 bits per heavy atom. The molecule has 0 unspecified atom stereocenters. The van der Waals surface area contributed by atoms with E-state index in [0.29, 0.717) is 16.7 Å². The van der Waals surface area contributed by atoms with E-state index in [0.717, 1.165) is 19.4 Å². The van der Waals surface area contributed by atoms with Gasteiger partial charge in [0.2, 0.25) is 0 Å². The molecule has 1 N–H and O–H groups in total. The van der Waals surface area contributed by atoms with Gasteiger partial charge in [0.15, 0.2) is 0 Å². The molecule has 1 saturated carbocycles. The quantitative estimate of drug-likeness (QED) is 0.626. The molecular formula is C14H17N3O2. The molecule has 0 aromatic heterocycles. The van der Waals surface area contributed by atoms with Gasteiger partial charge in [0, 0.05) is 12.6 Å². The third kappa shape index (κ3) is 3.02. The van der Waals surface area contributed by atoms with Crippen LogP contribution in [-0.2, 0) is 0 Å². The zero-order valence-corrected chi connectivity index (χ0v) is 11.0. The molecule has 5 heteroatoms. The Kier molecular flexibility index (Phi) is 3.70. The van der Waals surface area contributed by atoms with Gasteiger partial charge in [-0.2, -0.15) is 5.26 Å². The zero-order chi connectivity index (χ0) is 13.9. The molecule has 2 rings (SSSR count). The van der Waals surface area contributed by atoms with Crippen molar-refractivity contribution in [1.29, 1.82) is 5.26 Å². The summed E-state index contributed by atoms with van der Waals surface area (Å²) in [7, 11) is 0. The summed E-state index contributed by atoms with van der Waals surface area (Å²) >= 11 is 0. The standard InChI is InChI=1S/C14H17N3O2/c1-2-5-14(6-7-14)10-16-12-8-11(9-15)3-4-13(12)17(18)19/h3-4,8,16H,2,5-7,10H2,1H3. The molecule has 1 fully saturated rings. The summed E-state index contributed by atoms with van der Waals surface area (Å²) in [6.45, 7) is 2.90. The molecule has 0 heterocycles. The second-order valence-corrected chi connectivity index (χ2v) is 5.20. The highest BCUT2D eigenvalue weighted by Crippen LogP contribution is 2.49. The van der Waals surface area contributed by atoms with Crippen LogP contribution in [0, 0.1) is 26.9 Å². The first-order valence-corrected chi connectivity index (χ1v) is 6.53. The van der Waals surface area contributed by atoms with Crippen LogP contribution in [0.25, 0.3) is 0 Å². The normalized spacial score (nSPS) is 15.6. The first kappa shape index (κ1) is 13.3. The molecule has 0 radical (unpaired) electrons. The van der Waals surface area contributed by atoms with Gasteiger partial charge in [-0.25, -0.2) is 0 Å². The first-order valence-electron chi connectivity index (χ1n) is 6.53. The topological polar surface area (TPSA) is 79.0 Å². The molecule has 0 spiro atoms. The van der Waals surface area contributed by atoms with E-state index in [9.17, 15) is 10.1 Å². The molecule has 0 atom stereocenters. The van der Waals surface area contributed by atoms with E-state index in [1.165, 1.54) is 25.0 Å². The fourth-order valence-electron chi connectivity index (χ4n) is 2.41. The van der Waals surface area contributed by atoms with E-state index in [4.69, 9.17) is 5.26 Å². The molecule has 0 bridgehead atoms. The molecule has 19 heavy (non-hydrogen) atoms. The Bertz CT molecular complexity index is 530. The van der Waals surface area contributed by atoms with Crippen molar-refractivity contribution in [2.24, 2.45) is 5.41 Å². The highest BCUT2D eigenvalue weighted by molar-refractivity contribution is 5.64. The number of rotatable bonds is 6. The van der Waals surface area contributed by atoms with Crippen molar-refractivity contribution in [2.45, 2.75) is 32.6 Å². The number of nitriles is 1. The number of nitrogens with zero attached hydrogens (tertiary/aromatic N) is 2. The Balaban J connectivity index is 2.14. The lowest BCUT2D eigenvalue weighted by Crippen LogP contribution is -2.16. The van der Waals surface area contributed by atoms with E-state index < -0.39 is 4.92 Å². The van der Waals surface area contributed by atoms with Gasteiger partial charge >= 0.3 is 0 Å². The predicted molar refractivity (Wildman–Crippen MR) is 72.9 cm³/mol. The van der Waals surface area contributed by atoms with E-state index in [1.54, 1.807) is 6.07 Å². The molecule has 100 valence electrons. The number of nitro benzene ring substituents is 1. The van der Waals surface area contributed by atoms with E-state index >= 15 is 0 Å². The van der Waals surface area contributed by atoms with Crippen molar-refractivity contribution in [3.05, 3.63) is 33.9 Å². The van der Waals surface area contributed by atoms with Crippen LogP contribution in [0.4, 0.5) is 11.4 Å². The van der Waals surface area contributed by atoms with Crippen LogP contribution in [-0.4, -0.2) is 11.5 Å². The van der Waals surface area contributed by atoms with Gasteiger partial charge in [0.25, 0.3) is 5.69 Å². The lowest BCUT2D eigenvalue weighted by Gasteiger charge is -2.16. The Morgan fingerprint density at radius 2 is 2.26 bits per heavy atom. The highest BCUT2D eigenvalue weighted by Gasteiger charge is 2.41. The summed E-state index contributed by atoms with van der Waals surface area (Å²) in [5, 5.41) is 23.0. The van der Waals surface area contributed by atoms with Crippen LogP contribution in [0.5, 0.6) is 0 Å². The molecule has 1 aromatic carbocycles. The van der Waals surface area contributed by atoms with Crippen molar-refractivity contribution >= 4 is 11.4 Å². The average molecular weight is 259 g/mol. The SMILES string of the molecule is CCCC1(CNc2cc(C#N)ccc2[N+](=O)[O-])CC1. The fraction of sp³-hybridized carbons (Fsp3) is 0.500. The van der Waals surface area contributed by atoms with Crippen molar-refractivity contribution in [3.63, 3.8) is 0 Å². The molecular weight excluding hydrogens is 242 g/mol. The van der Waals surface area contributed by atoms with Crippen LogP contribution >= 0.6 is 0 Å². The van der Waals surface area contributed by atoms with Crippen LogP contribution in [0.3, 0.4) is 0 Å². The van der Waals surface area contributed by atoms with Gasteiger partial charge in [-0.1, -0.05) is 13.3 Å². The highest BCUT2D eigenvalue weighted by atomic mass is 16.6. The number of nitro groups is 1. The number of hydrogen-bond acceptors (Lipinski definition) is 4. The zero-order valence-electron chi connectivity index (χ0n) is 11.0. The molecule has 1 aliphatic rings. The number of benzene rings is 1. The molecule has 0 amide bonds. The van der Waals surface area contributed by atoms with E-state index in [-0.39, 0.29) is 5.69 Å². The average Bonchev–Trinajstić information content (AvgIpc) is 3.16. The maximum absolute atomic E-state index is 11.0. The second kappa shape index (κ2) is 5.27. The van der Waals surface area contributed by atoms with Crippen LogP contribution in [0.15, 0.2) is 18.2 Å². The maximum atomic E-state index is 11.0. The van der Waals surface area contributed by atoms with Crippen LogP contribution < -0.4 is 5.32 Å². The summed E-state index contributed by atoms with van der Waals surface area (Å²) in [5.74, 6) is 0. The third-order valence-corrected chi connectivity index (χ3v) is 3.71. The molecule has 1 aliphatic carbocycles. The summed E-state index contributed by atoms with van der Waals surface area (Å²) in [5.41, 5.74) is 1.23. The number of hydrogen-bond donors (Lipinski definition) is 1. The van der Waals surface area contributed by atoms with Gasteiger partial charge in [0.1, 0.15) is 5.69 Å². The number of nitrogens with one attached hydrogen (secondary N) is 1. The van der Waals surface area contributed by atoms with Crippen molar-refractivity contribution in [1.82, 2.24) is 0 Å². The minimum atomic E-state index is -0.414. The summed E-state index contributed by atoms with van der Waals surface area (Å²) < 4.78 is 0. The summed E-state index contributed by atoms with van der Waals surface area (Å²) in [6.07, 6.45) is 4.63. The maximum Gasteiger partial charge on any atom is 0.292 e. The minimum Gasteiger partial charge on any atom is -0.379 e. The fourth-order valence-corrected chi connectivity index (χ4v) is 2.41. The molecule has 0 saturated heterocycles. The van der Waals surface area contributed by atoms with Gasteiger partial charge in [-0.05, 0) is 36.8 Å². The summed E-state index contributed by atoms with van der Waals surface area (Å²) in [6, 6.07) is 6.43. The molecule has 5 nitrogen and oxygen atoms in total. The first-order chi connectivity index (χ1) is 9.10. The van der Waals surface area contributed by atoms with E-state index in [1.807, 2.05) is 6.07 Å². The van der Waals surface area contributed by atoms with Crippen molar-refractivity contribution in [3.8, 4) is 6.07 Å². The van der Waals surface area contributed by atoms with Gasteiger partial charge in [-0.3, -0.25) is 10.1 Å².